The Kier molecular flexibility index (Phi) is 5.15. The van der Waals surface area contributed by atoms with Crippen LogP contribution in [0.1, 0.15) is 50.7 Å². The van der Waals surface area contributed by atoms with Gasteiger partial charge < -0.3 is 10.2 Å². The molecule has 2 saturated carbocycles. The van der Waals surface area contributed by atoms with Gasteiger partial charge in [-0.2, -0.15) is 0 Å². The molecule has 3 amide bonds. The molecule has 196 valence electrons. The summed E-state index contributed by atoms with van der Waals surface area (Å²) in [7, 11) is -3.52. The third-order valence-corrected chi connectivity index (χ3v) is 9.40. The van der Waals surface area contributed by atoms with E-state index in [0.29, 0.717) is 30.2 Å². The molecule has 11 heteroatoms. The van der Waals surface area contributed by atoms with E-state index in [9.17, 15) is 22.4 Å². The van der Waals surface area contributed by atoms with Crippen LogP contribution in [0.2, 0.25) is 0 Å². The SMILES string of the molecule is CC1(C)C(=O)N(c2ccc3c(c2)N(S(C)(=O)=O)CC32CCC2)C(=O)N1Cc1ccnc(N[C@@H]2C[C@@H]2F)c1. The number of aromatic nitrogens is 1. The van der Waals surface area contributed by atoms with Crippen molar-refractivity contribution in [3.05, 3.63) is 47.7 Å². The van der Waals surface area contributed by atoms with E-state index >= 15 is 0 Å². The Morgan fingerprint density at radius 3 is 2.51 bits per heavy atom. The van der Waals surface area contributed by atoms with Gasteiger partial charge in [0.15, 0.2) is 0 Å². The zero-order valence-electron chi connectivity index (χ0n) is 21.1. The average molecular weight is 528 g/mol. The quantitative estimate of drug-likeness (QED) is 0.577. The van der Waals surface area contributed by atoms with E-state index in [4.69, 9.17) is 0 Å². The zero-order valence-corrected chi connectivity index (χ0v) is 21.9. The predicted molar refractivity (Wildman–Crippen MR) is 138 cm³/mol. The average Bonchev–Trinajstić information content (AvgIpc) is 3.31. The minimum Gasteiger partial charge on any atom is -0.364 e. The minimum atomic E-state index is -3.52. The van der Waals surface area contributed by atoms with Crippen molar-refractivity contribution in [2.45, 2.75) is 69.2 Å². The Bertz CT molecular complexity index is 1420. The van der Waals surface area contributed by atoms with E-state index in [0.717, 1.165) is 35.3 Å². The number of urea groups is 1. The second kappa shape index (κ2) is 7.89. The van der Waals surface area contributed by atoms with Crippen LogP contribution in [-0.4, -0.2) is 60.8 Å². The van der Waals surface area contributed by atoms with Gasteiger partial charge >= 0.3 is 6.03 Å². The second-order valence-corrected chi connectivity index (χ2v) is 13.1. The molecule has 2 aliphatic carbocycles. The summed E-state index contributed by atoms with van der Waals surface area (Å²) in [4.78, 5) is 34.1. The molecule has 4 aliphatic rings. The van der Waals surface area contributed by atoms with Crippen LogP contribution in [0.25, 0.3) is 0 Å². The van der Waals surface area contributed by atoms with Crippen molar-refractivity contribution >= 4 is 39.2 Å². The first-order chi connectivity index (χ1) is 17.4. The largest absolute Gasteiger partial charge is 0.364 e. The summed E-state index contributed by atoms with van der Waals surface area (Å²) in [5, 5.41) is 3.04. The molecule has 1 aromatic heterocycles. The van der Waals surface area contributed by atoms with E-state index in [1.54, 1.807) is 44.3 Å². The fraction of sp³-hybridized carbons (Fsp3) is 0.500. The fourth-order valence-corrected chi connectivity index (χ4v) is 6.74. The molecular formula is C26H30FN5O4S. The van der Waals surface area contributed by atoms with Gasteiger partial charge in [0.05, 0.1) is 23.7 Å². The number of benzene rings is 1. The Hall–Kier alpha value is -3.21. The van der Waals surface area contributed by atoms with Crippen molar-refractivity contribution < 1.29 is 22.4 Å². The van der Waals surface area contributed by atoms with E-state index in [1.807, 2.05) is 6.07 Å². The van der Waals surface area contributed by atoms with Gasteiger partial charge in [-0.3, -0.25) is 9.10 Å². The number of nitrogens with zero attached hydrogens (tertiary/aromatic N) is 4. The number of rotatable bonds is 6. The number of pyridine rings is 1. The highest BCUT2D eigenvalue weighted by atomic mass is 32.2. The lowest BCUT2D eigenvalue weighted by Gasteiger charge is -2.38. The molecule has 0 unspecified atom stereocenters. The van der Waals surface area contributed by atoms with Crippen LogP contribution >= 0.6 is 0 Å². The number of sulfonamides is 1. The normalized spacial score (nSPS) is 25.5. The Labute approximate surface area is 215 Å². The van der Waals surface area contributed by atoms with E-state index in [1.165, 1.54) is 15.5 Å². The van der Waals surface area contributed by atoms with Gasteiger partial charge in [-0.1, -0.05) is 12.5 Å². The molecule has 0 bridgehead atoms. The highest BCUT2D eigenvalue weighted by Gasteiger charge is 2.53. The van der Waals surface area contributed by atoms with Crippen LogP contribution in [0.3, 0.4) is 0 Å². The Balaban J connectivity index is 1.30. The number of carbonyl (C=O) groups excluding carboxylic acids is 2. The number of alkyl halides is 1. The van der Waals surface area contributed by atoms with Crippen LogP contribution in [0.5, 0.6) is 0 Å². The lowest BCUT2D eigenvalue weighted by molar-refractivity contribution is -0.123. The molecular weight excluding hydrogens is 497 g/mol. The lowest BCUT2D eigenvalue weighted by Crippen LogP contribution is -2.43. The van der Waals surface area contributed by atoms with Gasteiger partial charge in [0.2, 0.25) is 10.0 Å². The predicted octanol–water partition coefficient (Wildman–Crippen LogP) is 3.55. The van der Waals surface area contributed by atoms with Gasteiger partial charge in [-0.25, -0.2) is 27.5 Å². The number of imide groups is 1. The maximum atomic E-state index is 13.6. The first-order valence-corrected chi connectivity index (χ1v) is 14.4. The van der Waals surface area contributed by atoms with E-state index in [2.05, 4.69) is 10.3 Å². The molecule has 6 rings (SSSR count). The number of halogens is 1. The first kappa shape index (κ1) is 24.1. The molecule has 3 fully saturated rings. The van der Waals surface area contributed by atoms with Gasteiger partial charge in [0.25, 0.3) is 5.91 Å². The summed E-state index contributed by atoms with van der Waals surface area (Å²) in [5.41, 5.74) is 1.32. The highest BCUT2D eigenvalue weighted by molar-refractivity contribution is 7.92. The molecule has 1 saturated heterocycles. The molecule has 2 aromatic rings. The Morgan fingerprint density at radius 2 is 1.89 bits per heavy atom. The molecule has 9 nitrogen and oxygen atoms in total. The van der Waals surface area contributed by atoms with E-state index < -0.39 is 27.8 Å². The van der Waals surface area contributed by atoms with Crippen LogP contribution in [0.4, 0.5) is 26.4 Å². The smallest absolute Gasteiger partial charge is 0.332 e. The third kappa shape index (κ3) is 3.77. The molecule has 2 atom stereocenters. The van der Waals surface area contributed by atoms with Crippen molar-refractivity contribution in [2.75, 3.05) is 27.3 Å². The molecule has 3 heterocycles. The summed E-state index contributed by atoms with van der Waals surface area (Å²) < 4.78 is 39.9. The van der Waals surface area contributed by atoms with Crippen LogP contribution in [0.15, 0.2) is 36.5 Å². The molecule has 0 radical (unpaired) electrons. The molecule has 1 N–H and O–H groups in total. The first-order valence-electron chi connectivity index (χ1n) is 12.5. The maximum Gasteiger partial charge on any atom is 0.332 e. The summed E-state index contributed by atoms with van der Waals surface area (Å²) >= 11 is 0. The monoisotopic (exact) mass is 527 g/mol. The maximum absolute atomic E-state index is 13.6. The van der Waals surface area contributed by atoms with Crippen molar-refractivity contribution in [1.82, 2.24) is 9.88 Å². The van der Waals surface area contributed by atoms with Gasteiger partial charge in [0.1, 0.15) is 17.5 Å². The minimum absolute atomic E-state index is 0.165. The van der Waals surface area contributed by atoms with Gasteiger partial charge in [-0.05, 0) is 62.1 Å². The van der Waals surface area contributed by atoms with Gasteiger partial charge in [0, 0.05) is 31.1 Å². The van der Waals surface area contributed by atoms with Gasteiger partial charge in [-0.15, -0.1) is 0 Å². The summed E-state index contributed by atoms with van der Waals surface area (Å²) in [6.45, 7) is 3.96. The summed E-state index contributed by atoms with van der Waals surface area (Å²) in [6, 6.07) is 8.10. The summed E-state index contributed by atoms with van der Waals surface area (Å²) in [6.07, 6.45) is 5.25. The second-order valence-electron chi connectivity index (χ2n) is 11.2. The van der Waals surface area contributed by atoms with E-state index in [-0.39, 0.29) is 23.9 Å². The lowest BCUT2D eigenvalue weighted by atomic mass is 9.66. The number of amides is 3. The Morgan fingerprint density at radius 1 is 1.16 bits per heavy atom. The molecule has 37 heavy (non-hydrogen) atoms. The molecule has 1 spiro atoms. The molecule has 2 aliphatic heterocycles. The standard InChI is InChI=1S/C26H30FN5O4S/c1-25(2)23(33)32(24(34)30(25)14-16-7-10-28-22(11-16)29-20-13-19(20)27)17-5-6-18-21(12-17)31(37(3,35)36)15-26(18)8-4-9-26/h5-7,10-12,19-20H,4,8-9,13-15H2,1-3H3,(H,28,29)/t19-,20+/m0/s1. The van der Waals surface area contributed by atoms with Crippen molar-refractivity contribution in [1.29, 1.82) is 0 Å². The van der Waals surface area contributed by atoms with Crippen molar-refractivity contribution in [3.8, 4) is 0 Å². The number of anilines is 3. The highest BCUT2D eigenvalue weighted by Crippen LogP contribution is 2.54. The topological polar surface area (TPSA) is 103 Å². The van der Waals surface area contributed by atoms with Crippen LogP contribution in [-0.2, 0) is 26.8 Å². The van der Waals surface area contributed by atoms with Crippen molar-refractivity contribution in [2.24, 2.45) is 0 Å². The number of nitrogens with one attached hydrogen (secondary N) is 1. The number of hydrogen-bond donors (Lipinski definition) is 1. The van der Waals surface area contributed by atoms with Crippen LogP contribution in [0, 0.1) is 0 Å². The summed E-state index contributed by atoms with van der Waals surface area (Å²) in [5.74, 6) is 0.144. The fourth-order valence-electron chi connectivity index (χ4n) is 5.75. The van der Waals surface area contributed by atoms with Crippen molar-refractivity contribution in [3.63, 3.8) is 0 Å². The molecule has 1 aromatic carbocycles. The number of fused-ring (bicyclic) bond motifs is 2. The number of hydrogen-bond acceptors (Lipinski definition) is 6. The third-order valence-electron chi connectivity index (χ3n) is 8.27. The number of carbonyl (C=O) groups is 2. The zero-order chi connectivity index (χ0) is 26.3. The van der Waals surface area contributed by atoms with Crippen LogP contribution < -0.4 is 14.5 Å².